The summed E-state index contributed by atoms with van der Waals surface area (Å²) in [4.78, 5) is 11.8. The molecule has 0 bridgehead atoms. The second-order valence-electron chi connectivity index (χ2n) is 6.43. The van der Waals surface area contributed by atoms with Gasteiger partial charge in [0, 0.05) is 5.92 Å². The molecule has 4 heteroatoms. The molecule has 2 rings (SSSR count). The maximum atomic E-state index is 13.0. The molecule has 0 N–H and O–H groups in total. The van der Waals surface area contributed by atoms with E-state index in [0.717, 1.165) is 5.56 Å². The standard InChI is InChI=1S/C16H21FO2Si/c1-19-16(18)15-13(9-10-20(2,3)4)14(15)11-5-7-12(17)8-6-11/h5-10,13-15H,1-4H3/b10-9+/t13-,14+,15+/m0/s1. The summed E-state index contributed by atoms with van der Waals surface area (Å²) in [5.74, 6) is -0.254. The van der Waals surface area contributed by atoms with Gasteiger partial charge in [-0.3, -0.25) is 4.79 Å². The molecular weight excluding hydrogens is 271 g/mol. The predicted octanol–water partition coefficient (Wildman–Crippen LogP) is 3.76. The number of hydrogen-bond donors (Lipinski definition) is 0. The molecule has 1 aromatic carbocycles. The maximum Gasteiger partial charge on any atom is 0.309 e. The van der Waals surface area contributed by atoms with Crippen LogP contribution in [0.25, 0.3) is 0 Å². The number of esters is 1. The lowest BCUT2D eigenvalue weighted by Crippen LogP contribution is -2.15. The van der Waals surface area contributed by atoms with Crippen molar-refractivity contribution in [1.82, 2.24) is 0 Å². The predicted molar refractivity (Wildman–Crippen MR) is 80.6 cm³/mol. The first-order valence-electron chi connectivity index (χ1n) is 6.86. The average molecular weight is 292 g/mol. The third kappa shape index (κ3) is 3.36. The fraction of sp³-hybridized carbons (Fsp3) is 0.438. The van der Waals surface area contributed by atoms with Crippen molar-refractivity contribution in [2.75, 3.05) is 7.11 Å². The normalized spacial score (nSPS) is 25.8. The molecule has 1 saturated carbocycles. The van der Waals surface area contributed by atoms with E-state index in [1.807, 2.05) is 0 Å². The van der Waals surface area contributed by atoms with E-state index in [1.54, 1.807) is 12.1 Å². The minimum absolute atomic E-state index is 0.121. The fourth-order valence-corrected chi connectivity index (χ4v) is 3.33. The van der Waals surface area contributed by atoms with Crippen molar-refractivity contribution in [2.24, 2.45) is 11.8 Å². The summed E-state index contributed by atoms with van der Waals surface area (Å²) in [6.45, 7) is 6.77. The van der Waals surface area contributed by atoms with Crippen molar-refractivity contribution in [2.45, 2.75) is 25.6 Å². The lowest BCUT2D eigenvalue weighted by atomic mass is 10.1. The topological polar surface area (TPSA) is 26.3 Å². The van der Waals surface area contributed by atoms with Crippen molar-refractivity contribution in [3.63, 3.8) is 0 Å². The number of ether oxygens (including phenoxy) is 1. The average Bonchev–Trinajstić information content (AvgIpc) is 3.10. The molecule has 2 nitrogen and oxygen atoms in total. The Morgan fingerprint density at radius 1 is 1.25 bits per heavy atom. The zero-order valence-corrected chi connectivity index (χ0v) is 13.4. The molecule has 20 heavy (non-hydrogen) atoms. The molecule has 0 aliphatic heterocycles. The molecule has 0 saturated heterocycles. The maximum absolute atomic E-state index is 13.0. The van der Waals surface area contributed by atoms with Gasteiger partial charge in [0.15, 0.2) is 0 Å². The van der Waals surface area contributed by atoms with Gasteiger partial charge in [0.25, 0.3) is 0 Å². The largest absolute Gasteiger partial charge is 0.469 e. The van der Waals surface area contributed by atoms with Crippen LogP contribution >= 0.6 is 0 Å². The van der Waals surface area contributed by atoms with Crippen LogP contribution in [0, 0.1) is 17.7 Å². The highest BCUT2D eigenvalue weighted by atomic mass is 28.3. The van der Waals surface area contributed by atoms with Crippen molar-refractivity contribution in [3.05, 3.63) is 47.4 Å². The molecule has 0 aromatic heterocycles. The van der Waals surface area contributed by atoms with E-state index in [4.69, 9.17) is 4.74 Å². The Bertz CT molecular complexity index is 516. The summed E-state index contributed by atoms with van der Waals surface area (Å²) in [5, 5.41) is 0. The van der Waals surface area contributed by atoms with Gasteiger partial charge in [-0.05, 0) is 23.6 Å². The van der Waals surface area contributed by atoms with Gasteiger partial charge < -0.3 is 4.74 Å². The lowest BCUT2D eigenvalue weighted by molar-refractivity contribution is -0.142. The molecular formula is C16H21FO2Si. The first kappa shape index (κ1) is 15.0. The smallest absolute Gasteiger partial charge is 0.309 e. The molecule has 0 heterocycles. The fourth-order valence-electron chi connectivity index (χ4n) is 2.53. The summed E-state index contributed by atoms with van der Waals surface area (Å²) >= 11 is 0. The van der Waals surface area contributed by atoms with Crippen LogP contribution in [0.15, 0.2) is 36.0 Å². The lowest BCUT2D eigenvalue weighted by Gasteiger charge is -2.07. The third-order valence-electron chi connectivity index (χ3n) is 3.62. The van der Waals surface area contributed by atoms with Crippen molar-refractivity contribution >= 4 is 14.0 Å². The molecule has 108 valence electrons. The number of methoxy groups -OCH3 is 1. The molecule has 1 fully saturated rings. The number of hydrogen-bond acceptors (Lipinski definition) is 2. The summed E-state index contributed by atoms with van der Waals surface area (Å²) in [5.41, 5.74) is 3.27. The van der Waals surface area contributed by atoms with Crippen molar-refractivity contribution < 1.29 is 13.9 Å². The number of halogens is 1. The summed E-state index contributed by atoms with van der Waals surface area (Å²) < 4.78 is 17.9. The summed E-state index contributed by atoms with van der Waals surface area (Å²) in [6, 6.07) is 6.42. The van der Waals surface area contributed by atoms with Crippen LogP contribution in [0.3, 0.4) is 0 Å². The van der Waals surface area contributed by atoms with E-state index in [9.17, 15) is 9.18 Å². The Balaban J connectivity index is 2.20. The first-order chi connectivity index (χ1) is 9.33. The Morgan fingerprint density at radius 3 is 2.35 bits per heavy atom. The zero-order chi connectivity index (χ0) is 14.9. The van der Waals surface area contributed by atoms with Crippen LogP contribution in [0.2, 0.25) is 19.6 Å². The molecule has 0 radical (unpaired) electrons. The zero-order valence-electron chi connectivity index (χ0n) is 12.4. The molecule has 1 aromatic rings. The highest BCUT2D eigenvalue weighted by Crippen LogP contribution is 2.55. The Hall–Kier alpha value is -1.42. The van der Waals surface area contributed by atoms with E-state index in [0.29, 0.717) is 0 Å². The molecule has 0 amide bonds. The molecule has 3 atom stereocenters. The van der Waals surface area contributed by atoms with E-state index < -0.39 is 8.07 Å². The van der Waals surface area contributed by atoms with E-state index in [-0.39, 0.29) is 29.5 Å². The number of benzene rings is 1. The molecule has 1 aliphatic carbocycles. The highest BCUT2D eigenvalue weighted by Gasteiger charge is 2.54. The van der Waals surface area contributed by atoms with Gasteiger partial charge in [0.2, 0.25) is 0 Å². The van der Waals surface area contributed by atoms with E-state index in [2.05, 4.69) is 31.4 Å². The number of carbonyl (C=O) groups excluding carboxylic acids is 1. The number of carbonyl (C=O) groups is 1. The molecule has 0 unspecified atom stereocenters. The summed E-state index contributed by atoms with van der Waals surface area (Å²) in [6.07, 6.45) is 2.15. The Kier molecular flexibility index (Phi) is 4.13. The van der Waals surface area contributed by atoms with Gasteiger partial charge in [-0.15, -0.1) is 0 Å². The van der Waals surface area contributed by atoms with Gasteiger partial charge in [-0.25, -0.2) is 4.39 Å². The number of allylic oxidation sites excluding steroid dienone is 1. The Morgan fingerprint density at radius 2 is 1.85 bits per heavy atom. The first-order valence-corrected chi connectivity index (χ1v) is 10.4. The van der Waals surface area contributed by atoms with Gasteiger partial charge >= 0.3 is 5.97 Å². The monoisotopic (exact) mass is 292 g/mol. The van der Waals surface area contributed by atoms with Gasteiger partial charge in [-0.1, -0.05) is 43.5 Å². The minimum atomic E-state index is -1.29. The second kappa shape index (κ2) is 5.52. The van der Waals surface area contributed by atoms with Gasteiger partial charge in [0.05, 0.1) is 21.1 Å². The van der Waals surface area contributed by atoms with Crippen LogP contribution in [-0.2, 0) is 9.53 Å². The Labute approximate surface area is 120 Å². The van der Waals surface area contributed by atoms with E-state index in [1.165, 1.54) is 19.2 Å². The van der Waals surface area contributed by atoms with Crippen LogP contribution in [-0.4, -0.2) is 21.2 Å². The minimum Gasteiger partial charge on any atom is -0.469 e. The second-order valence-corrected chi connectivity index (χ2v) is 11.5. The third-order valence-corrected chi connectivity index (χ3v) is 4.81. The molecule has 0 spiro atoms. The van der Waals surface area contributed by atoms with Crippen LogP contribution in [0.4, 0.5) is 4.39 Å². The van der Waals surface area contributed by atoms with E-state index >= 15 is 0 Å². The van der Waals surface area contributed by atoms with Crippen LogP contribution in [0.1, 0.15) is 11.5 Å². The van der Waals surface area contributed by atoms with Gasteiger partial charge in [0.1, 0.15) is 5.82 Å². The summed E-state index contributed by atoms with van der Waals surface area (Å²) in [7, 11) is 0.132. The quantitative estimate of drug-likeness (QED) is 0.624. The van der Waals surface area contributed by atoms with Crippen molar-refractivity contribution in [3.8, 4) is 0 Å². The SMILES string of the molecule is COC(=O)[C@@H]1[C@@H](/C=C/[Si](C)(C)C)[C@H]1c1ccc(F)cc1. The number of rotatable bonds is 4. The van der Waals surface area contributed by atoms with Crippen LogP contribution < -0.4 is 0 Å². The van der Waals surface area contributed by atoms with Crippen LogP contribution in [0.5, 0.6) is 0 Å². The highest BCUT2D eigenvalue weighted by molar-refractivity contribution is 6.80. The van der Waals surface area contributed by atoms with Gasteiger partial charge in [-0.2, -0.15) is 0 Å². The van der Waals surface area contributed by atoms with Crippen molar-refractivity contribution in [1.29, 1.82) is 0 Å². The molecule has 1 aliphatic rings.